The number of hydrogen-bond donors (Lipinski definition) is 0. The Hall–Kier alpha value is -1.84. The maximum atomic E-state index is 13.7. The molecule has 0 radical (unpaired) electrons. The molecule has 2 rings (SSSR count). The Bertz CT molecular complexity index is 573. The van der Waals surface area contributed by atoms with Crippen molar-refractivity contribution in [2.24, 2.45) is 0 Å². The summed E-state index contributed by atoms with van der Waals surface area (Å²) in [6, 6.07) is 6.99. The van der Waals surface area contributed by atoms with Gasteiger partial charge in [0, 0.05) is 17.5 Å². The first-order chi connectivity index (χ1) is 9.38. The average molecular weight is 273 g/mol. The van der Waals surface area contributed by atoms with E-state index in [9.17, 15) is 4.39 Å². The summed E-state index contributed by atoms with van der Waals surface area (Å²) in [5.74, 6) is -0.287. The molecule has 0 amide bonds. The SMILES string of the molecule is CC(Cc1ccc(C(C)(C)C)nn1)c1ncccc1F. The zero-order valence-electron chi connectivity index (χ0n) is 12.4. The summed E-state index contributed by atoms with van der Waals surface area (Å²) in [4.78, 5) is 4.11. The Morgan fingerprint density at radius 2 is 1.90 bits per heavy atom. The average Bonchev–Trinajstić information content (AvgIpc) is 2.38. The van der Waals surface area contributed by atoms with Crippen molar-refractivity contribution in [3.05, 3.63) is 53.4 Å². The molecule has 0 aliphatic heterocycles. The highest BCUT2D eigenvalue weighted by Gasteiger charge is 2.17. The standard InChI is InChI=1S/C16H20FN3/c1-11(15-13(17)6-5-9-18-15)10-12-7-8-14(20-19-12)16(2,3)4/h5-9,11H,10H2,1-4H3. The Morgan fingerprint density at radius 3 is 2.45 bits per heavy atom. The molecule has 0 aliphatic rings. The predicted octanol–water partition coefficient (Wildman–Crippen LogP) is 3.65. The highest BCUT2D eigenvalue weighted by atomic mass is 19.1. The molecule has 0 fully saturated rings. The molecule has 1 unspecified atom stereocenters. The van der Waals surface area contributed by atoms with Gasteiger partial charge >= 0.3 is 0 Å². The van der Waals surface area contributed by atoms with E-state index in [4.69, 9.17) is 0 Å². The lowest BCUT2D eigenvalue weighted by molar-refractivity contribution is 0.549. The third-order valence-corrected chi connectivity index (χ3v) is 3.26. The van der Waals surface area contributed by atoms with E-state index < -0.39 is 0 Å². The number of nitrogens with zero attached hydrogens (tertiary/aromatic N) is 3. The van der Waals surface area contributed by atoms with Crippen LogP contribution in [0.1, 0.15) is 50.7 Å². The van der Waals surface area contributed by atoms with Crippen LogP contribution in [-0.2, 0) is 11.8 Å². The Balaban J connectivity index is 2.13. The van der Waals surface area contributed by atoms with Crippen LogP contribution in [0.5, 0.6) is 0 Å². The zero-order chi connectivity index (χ0) is 14.8. The highest BCUT2D eigenvalue weighted by molar-refractivity contribution is 5.18. The van der Waals surface area contributed by atoms with Crippen molar-refractivity contribution in [2.45, 2.75) is 45.4 Å². The van der Waals surface area contributed by atoms with Gasteiger partial charge in [-0.05, 0) is 30.7 Å². The van der Waals surface area contributed by atoms with Gasteiger partial charge in [-0.3, -0.25) is 4.98 Å². The first-order valence-electron chi connectivity index (χ1n) is 6.81. The molecular weight excluding hydrogens is 253 g/mol. The van der Waals surface area contributed by atoms with Gasteiger partial charge in [-0.2, -0.15) is 10.2 Å². The Labute approximate surface area is 119 Å². The monoisotopic (exact) mass is 273 g/mol. The van der Waals surface area contributed by atoms with Crippen LogP contribution in [0.15, 0.2) is 30.5 Å². The fourth-order valence-electron chi connectivity index (χ4n) is 2.04. The van der Waals surface area contributed by atoms with Crippen molar-refractivity contribution in [1.82, 2.24) is 15.2 Å². The van der Waals surface area contributed by atoms with Gasteiger partial charge in [-0.1, -0.05) is 27.7 Å². The summed E-state index contributed by atoms with van der Waals surface area (Å²) in [5, 5.41) is 8.50. The molecule has 1 atom stereocenters. The molecular formula is C16H20FN3. The summed E-state index contributed by atoms with van der Waals surface area (Å²) < 4.78 is 13.7. The van der Waals surface area contributed by atoms with Crippen LogP contribution < -0.4 is 0 Å². The van der Waals surface area contributed by atoms with Crippen LogP contribution >= 0.6 is 0 Å². The molecule has 20 heavy (non-hydrogen) atoms. The minimum absolute atomic E-state index is 0.00968. The molecule has 106 valence electrons. The fraction of sp³-hybridized carbons (Fsp3) is 0.438. The van der Waals surface area contributed by atoms with E-state index in [-0.39, 0.29) is 17.2 Å². The topological polar surface area (TPSA) is 38.7 Å². The molecule has 2 heterocycles. The van der Waals surface area contributed by atoms with Crippen molar-refractivity contribution in [3.8, 4) is 0 Å². The van der Waals surface area contributed by atoms with E-state index in [0.717, 1.165) is 11.4 Å². The van der Waals surface area contributed by atoms with Crippen molar-refractivity contribution in [3.63, 3.8) is 0 Å². The molecule has 4 heteroatoms. The van der Waals surface area contributed by atoms with Crippen LogP contribution in [0.2, 0.25) is 0 Å². The quantitative estimate of drug-likeness (QED) is 0.856. The van der Waals surface area contributed by atoms with Crippen molar-refractivity contribution in [2.75, 3.05) is 0 Å². The molecule has 0 spiro atoms. The lowest BCUT2D eigenvalue weighted by atomic mass is 9.92. The van der Waals surface area contributed by atoms with Gasteiger partial charge in [0.15, 0.2) is 0 Å². The lowest BCUT2D eigenvalue weighted by Crippen LogP contribution is -2.15. The molecule has 3 nitrogen and oxygen atoms in total. The normalized spacial score (nSPS) is 13.2. The first-order valence-corrected chi connectivity index (χ1v) is 6.81. The maximum Gasteiger partial charge on any atom is 0.144 e. The molecule has 0 saturated heterocycles. The molecule has 0 aromatic carbocycles. The number of pyridine rings is 1. The van der Waals surface area contributed by atoms with Crippen molar-refractivity contribution >= 4 is 0 Å². The third-order valence-electron chi connectivity index (χ3n) is 3.26. The fourth-order valence-corrected chi connectivity index (χ4v) is 2.04. The van der Waals surface area contributed by atoms with Gasteiger partial charge in [-0.15, -0.1) is 0 Å². The molecule has 0 aliphatic carbocycles. The number of halogens is 1. The molecule has 2 aromatic rings. The first kappa shape index (κ1) is 14.6. The van der Waals surface area contributed by atoms with Crippen LogP contribution in [0.25, 0.3) is 0 Å². The summed E-state index contributed by atoms with van der Waals surface area (Å²) >= 11 is 0. The minimum atomic E-state index is -0.265. The summed E-state index contributed by atoms with van der Waals surface area (Å²) in [6.07, 6.45) is 2.24. The van der Waals surface area contributed by atoms with Gasteiger partial charge in [0.25, 0.3) is 0 Å². The second-order valence-electron chi connectivity index (χ2n) is 6.14. The molecule has 0 N–H and O–H groups in total. The van der Waals surface area contributed by atoms with Crippen LogP contribution in [-0.4, -0.2) is 15.2 Å². The summed E-state index contributed by atoms with van der Waals surface area (Å²) in [6.45, 7) is 8.25. The van der Waals surface area contributed by atoms with Crippen LogP contribution in [0.3, 0.4) is 0 Å². The largest absolute Gasteiger partial charge is 0.258 e. The Morgan fingerprint density at radius 1 is 1.15 bits per heavy atom. The molecule has 0 bridgehead atoms. The van der Waals surface area contributed by atoms with Gasteiger partial charge in [-0.25, -0.2) is 4.39 Å². The second kappa shape index (κ2) is 5.65. The minimum Gasteiger partial charge on any atom is -0.258 e. The highest BCUT2D eigenvalue weighted by Crippen LogP contribution is 2.22. The van der Waals surface area contributed by atoms with E-state index >= 15 is 0 Å². The van der Waals surface area contributed by atoms with Gasteiger partial charge < -0.3 is 0 Å². The van der Waals surface area contributed by atoms with Crippen LogP contribution in [0, 0.1) is 5.82 Å². The Kier molecular flexibility index (Phi) is 4.12. The van der Waals surface area contributed by atoms with E-state index in [1.807, 2.05) is 19.1 Å². The van der Waals surface area contributed by atoms with Crippen LogP contribution in [0.4, 0.5) is 4.39 Å². The van der Waals surface area contributed by atoms with Gasteiger partial charge in [0.05, 0.1) is 17.1 Å². The third kappa shape index (κ3) is 3.38. The van der Waals surface area contributed by atoms with E-state index in [0.29, 0.717) is 12.1 Å². The zero-order valence-corrected chi connectivity index (χ0v) is 12.4. The number of aromatic nitrogens is 3. The summed E-state index contributed by atoms with van der Waals surface area (Å²) in [5.41, 5.74) is 2.28. The van der Waals surface area contributed by atoms with Gasteiger partial charge in [0.1, 0.15) is 5.82 Å². The smallest absolute Gasteiger partial charge is 0.144 e. The number of rotatable bonds is 3. The van der Waals surface area contributed by atoms with Crippen molar-refractivity contribution < 1.29 is 4.39 Å². The second-order valence-corrected chi connectivity index (χ2v) is 6.14. The van der Waals surface area contributed by atoms with Gasteiger partial charge in [0.2, 0.25) is 0 Å². The lowest BCUT2D eigenvalue weighted by Gasteiger charge is -2.17. The molecule has 0 saturated carbocycles. The van der Waals surface area contributed by atoms with E-state index in [1.54, 1.807) is 12.3 Å². The molecule has 2 aromatic heterocycles. The van der Waals surface area contributed by atoms with Crippen molar-refractivity contribution in [1.29, 1.82) is 0 Å². The maximum absolute atomic E-state index is 13.7. The van der Waals surface area contributed by atoms with E-state index in [2.05, 4.69) is 36.0 Å². The number of hydrogen-bond acceptors (Lipinski definition) is 3. The predicted molar refractivity (Wildman–Crippen MR) is 77.0 cm³/mol. The summed E-state index contributed by atoms with van der Waals surface area (Å²) in [7, 11) is 0. The van der Waals surface area contributed by atoms with E-state index in [1.165, 1.54) is 6.07 Å².